The molecule has 44 heavy (non-hydrogen) atoms. The van der Waals surface area contributed by atoms with E-state index in [1.165, 1.54) is 6.42 Å². The number of ether oxygens (including phenoxy) is 1. The summed E-state index contributed by atoms with van der Waals surface area (Å²) in [6, 6.07) is 19.9. The first-order chi connectivity index (χ1) is 21.4. The summed E-state index contributed by atoms with van der Waals surface area (Å²) in [6.07, 6.45) is 7.74. The van der Waals surface area contributed by atoms with Crippen LogP contribution in [0.4, 0.5) is 0 Å². The maximum atomic E-state index is 11.1. The van der Waals surface area contributed by atoms with Crippen molar-refractivity contribution >= 4 is 0 Å². The van der Waals surface area contributed by atoms with E-state index in [1.54, 1.807) is 24.3 Å². The predicted octanol–water partition coefficient (Wildman–Crippen LogP) is 9.13. The first kappa shape index (κ1) is 32.9. The number of aromatic nitrogens is 3. The number of phenols is 2. The number of hydrogen-bond donors (Lipinski definition) is 3. The summed E-state index contributed by atoms with van der Waals surface area (Å²) in [7, 11) is 0. The van der Waals surface area contributed by atoms with E-state index in [0.717, 1.165) is 50.5 Å². The highest BCUT2D eigenvalue weighted by molar-refractivity contribution is 5.72. The molecule has 3 unspecified atom stereocenters. The molecule has 7 heteroatoms. The van der Waals surface area contributed by atoms with Crippen LogP contribution < -0.4 is 4.74 Å². The first-order valence-electron chi connectivity index (χ1n) is 16.2. The third-order valence-corrected chi connectivity index (χ3v) is 8.41. The fourth-order valence-electron chi connectivity index (χ4n) is 5.48. The van der Waals surface area contributed by atoms with E-state index < -0.39 is 6.10 Å². The Hall–Kier alpha value is -3.97. The second-order valence-electron chi connectivity index (χ2n) is 11.6. The molecule has 0 amide bonds. The molecule has 7 nitrogen and oxygen atoms in total. The molecule has 234 valence electrons. The number of benzene rings is 3. The zero-order valence-electron chi connectivity index (χ0n) is 26.5. The maximum absolute atomic E-state index is 11.1. The van der Waals surface area contributed by atoms with Crippen molar-refractivity contribution in [1.82, 2.24) is 15.0 Å². The van der Waals surface area contributed by atoms with Crippen LogP contribution in [0.1, 0.15) is 90.7 Å². The van der Waals surface area contributed by atoms with Gasteiger partial charge in [0.05, 0.1) is 23.8 Å². The van der Waals surface area contributed by atoms with E-state index in [4.69, 9.17) is 19.7 Å². The minimum atomic E-state index is -0.669. The van der Waals surface area contributed by atoms with Gasteiger partial charge in [0.25, 0.3) is 0 Å². The fraction of sp³-hybridized carbons (Fsp3) is 0.432. The molecule has 3 N–H and O–H groups in total. The summed E-state index contributed by atoms with van der Waals surface area (Å²) in [5.74, 6) is 2.13. The number of rotatable bonds is 16. The molecular formula is C37H47N3O4. The van der Waals surface area contributed by atoms with Gasteiger partial charge in [-0.3, -0.25) is 0 Å². The van der Waals surface area contributed by atoms with Gasteiger partial charge in [0.2, 0.25) is 0 Å². The highest BCUT2D eigenvalue weighted by Crippen LogP contribution is 2.37. The molecule has 4 rings (SSSR count). The minimum Gasteiger partial charge on any atom is -0.507 e. The Balaban J connectivity index is 1.68. The second kappa shape index (κ2) is 16.2. The van der Waals surface area contributed by atoms with Crippen molar-refractivity contribution in [3.05, 3.63) is 72.3 Å². The molecule has 1 aromatic heterocycles. The van der Waals surface area contributed by atoms with E-state index in [0.29, 0.717) is 40.8 Å². The lowest BCUT2D eigenvalue weighted by Crippen LogP contribution is -2.12. The standard InChI is InChI=1S/C37H47N3O4/c1-5-9-14-25(7-3)24-44-29-19-21-31(33(42)23-29)37-39-35(27-16-12-11-13-17-27)38-36(40-37)30-20-18-28(22-32(30)41)34(43)26(8-4)15-10-6-2/h11-13,16-23,25-26,34,41-43H,5-10,14-15,24H2,1-4H3. The summed E-state index contributed by atoms with van der Waals surface area (Å²) in [4.78, 5) is 14.1. The van der Waals surface area contributed by atoms with Crippen molar-refractivity contribution < 1.29 is 20.1 Å². The van der Waals surface area contributed by atoms with Crippen molar-refractivity contribution in [2.75, 3.05) is 6.61 Å². The van der Waals surface area contributed by atoms with Gasteiger partial charge >= 0.3 is 0 Å². The van der Waals surface area contributed by atoms with Crippen LogP contribution in [0.3, 0.4) is 0 Å². The molecule has 0 bridgehead atoms. The SMILES string of the molecule is CCCCC(CC)COc1ccc(-c2nc(-c3ccccc3)nc(-c3ccc(C(O)C(CC)CCCC)cc3O)n2)c(O)c1. The zero-order valence-corrected chi connectivity index (χ0v) is 26.5. The molecule has 0 fully saturated rings. The van der Waals surface area contributed by atoms with Crippen molar-refractivity contribution in [3.8, 4) is 51.4 Å². The van der Waals surface area contributed by atoms with Crippen LogP contribution in [0.2, 0.25) is 0 Å². The minimum absolute atomic E-state index is 0.000599. The molecule has 0 aliphatic carbocycles. The molecule has 0 radical (unpaired) electrons. The van der Waals surface area contributed by atoms with Crippen LogP contribution in [-0.2, 0) is 0 Å². The van der Waals surface area contributed by atoms with E-state index in [-0.39, 0.29) is 29.1 Å². The average Bonchev–Trinajstić information content (AvgIpc) is 3.05. The van der Waals surface area contributed by atoms with Gasteiger partial charge in [-0.2, -0.15) is 0 Å². The number of aromatic hydroxyl groups is 2. The van der Waals surface area contributed by atoms with Crippen molar-refractivity contribution in [3.63, 3.8) is 0 Å². The lowest BCUT2D eigenvalue weighted by Gasteiger charge is -2.22. The highest BCUT2D eigenvalue weighted by Gasteiger charge is 2.22. The van der Waals surface area contributed by atoms with Crippen LogP contribution in [0.15, 0.2) is 66.7 Å². The summed E-state index contributed by atoms with van der Waals surface area (Å²) in [5, 5.41) is 33.3. The van der Waals surface area contributed by atoms with Gasteiger partial charge in [0.1, 0.15) is 17.2 Å². The van der Waals surface area contributed by atoms with Crippen molar-refractivity contribution in [2.45, 2.75) is 85.2 Å². The van der Waals surface area contributed by atoms with Crippen LogP contribution >= 0.6 is 0 Å². The van der Waals surface area contributed by atoms with Gasteiger partial charge in [-0.15, -0.1) is 0 Å². The first-order valence-corrected chi connectivity index (χ1v) is 16.2. The lowest BCUT2D eigenvalue weighted by atomic mass is 9.88. The largest absolute Gasteiger partial charge is 0.507 e. The van der Waals surface area contributed by atoms with Crippen LogP contribution in [-0.4, -0.2) is 36.9 Å². The third-order valence-electron chi connectivity index (χ3n) is 8.41. The second-order valence-corrected chi connectivity index (χ2v) is 11.6. The molecule has 0 spiro atoms. The molecule has 1 heterocycles. The number of phenolic OH excluding ortho intramolecular Hbond substituents is 2. The Kier molecular flexibility index (Phi) is 12.1. The van der Waals surface area contributed by atoms with Gasteiger partial charge in [0, 0.05) is 11.6 Å². The maximum Gasteiger partial charge on any atom is 0.167 e. The Morgan fingerprint density at radius 2 is 1.30 bits per heavy atom. The Labute approximate surface area is 262 Å². The molecule has 4 aromatic rings. The summed E-state index contributed by atoms with van der Waals surface area (Å²) in [6.45, 7) is 9.20. The molecule has 3 atom stereocenters. The molecule has 0 aliphatic rings. The molecular weight excluding hydrogens is 550 g/mol. The van der Waals surface area contributed by atoms with Gasteiger partial charge < -0.3 is 20.1 Å². The summed E-state index contributed by atoms with van der Waals surface area (Å²) < 4.78 is 6.04. The van der Waals surface area contributed by atoms with E-state index in [2.05, 4.69) is 27.7 Å². The van der Waals surface area contributed by atoms with Crippen molar-refractivity contribution in [2.24, 2.45) is 11.8 Å². The lowest BCUT2D eigenvalue weighted by molar-refractivity contribution is 0.0987. The normalized spacial score (nSPS) is 13.4. The topological polar surface area (TPSA) is 109 Å². The van der Waals surface area contributed by atoms with Crippen LogP contribution in [0.25, 0.3) is 34.2 Å². The summed E-state index contributed by atoms with van der Waals surface area (Å²) in [5.41, 5.74) is 2.30. The highest BCUT2D eigenvalue weighted by atomic mass is 16.5. The number of hydrogen-bond acceptors (Lipinski definition) is 7. The third kappa shape index (κ3) is 8.35. The molecule has 0 saturated heterocycles. The number of aliphatic hydroxyl groups is 1. The smallest absolute Gasteiger partial charge is 0.167 e. The Morgan fingerprint density at radius 1 is 0.682 bits per heavy atom. The molecule has 0 aliphatic heterocycles. The quantitative estimate of drug-likeness (QED) is 0.118. The predicted molar refractivity (Wildman–Crippen MR) is 177 cm³/mol. The Morgan fingerprint density at radius 3 is 1.89 bits per heavy atom. The molecule has 0 saturated carbocycles. The van der Waals surface area contributed by atoms with Crippen molar-refractivity contribution in [1.29, 1.82) is 0 Å². The number of nitrogens with zero attached hydrogens (tertiary/aromatic N) is 3. The Bertz CT molecular complexity index is 1480. The van der Waals surface area contributed by atoms with E-state index in [9.17, 15) is 15.3 Å². The number of unbranched alkanes of at least 4 members (excludes halogenated alkanes) is 2. The monoisotopic (exact) mass is 597 g/mol. The number of aliphatic hydroxyl groups excluding tert-OH is 1. The average molecular weight is 598 g/mol. The fourth-order valence-corrected chi connectivity index (χ4v) is 5.48. The van der Waals surface area contributed by atoms with E-state index >= 15 is 0 Å². The zero-order chi connectivity index (χ0) is 31.5. The molecule has 3 aromatic carbocycles. The summed E-state index contributed by atoms with van der Waals surface area (Å²) >= 11 is 0. The van der Waals surface area contributed by atoms with Gasteiger partial charge in [0.15, 0.2) is 17.5 Å². The van der Waals surface area contributed by atoms with E-state index in [1.807, 2.05) is 42.5 Å². The van der Waals surface area contributed by atoms with Gasteiger partial charge in [-0.05, 0) is 54.5 Å². The van der Waals surface area contributed by atoms with Crippen LogP contribution in [0.5, 0.6) is 17.2 Å². The van der Waals surface area contributed by atoms with Gasteiger partial charge in [-0.25, -0.2) is 15.0 Å². The van der Waals surface area contributed by atoms with Crippen LogP contribution in [0, 0.1) is 11.8 Å². The van der Waals surface area contributed by atoms with Gasteiger partial charge in [-0.1, -0.05) is 103 Å².